The molecule has 0 unspecified atom stereocenters. The SMILES string of the molecule is COC(=O)c1sc(C#CC(C)(C)C)cc1N(C1CCC(O)CC1)[C@H](O)C1CCC(C)CC1. The van der Waals surface area contributed by atoms with Gasteiger partial charge in [-0.25, -0.2) is 4.79 Å². The Morgan fingerprint density at radius 2 is 1.78 bits per heavy atom. The molecule has 178 valence electrons. The Morgan fingerprint density at radius 1 is 1.16 bits per heavy atom. The summed E-state index contributed by atoms with van der Waals surface area (Å²) in [7, 11) is 1.40. The Balaban J connectivity index is 2.01. The van der Waals surface area contributed by atoms with E-state index in [1.165, 1.54) is 18.4 Å². The normalized spacial score (nSPS) is 27.2. The van der Waals surface area contributed by atoms with E-state index < -0.39 is 6.23 Å². The summed E-state index contributed by atoms with van der Waals surface area (Å²) in [6.45, 7) is 8.45. The van der Waals surface area contributed by atoms with Gasteiger partial charge >= 0.3 is 5.97 Å². The van der Waals surface area contributed by atoms with Crippen molar-refractivity contribution in [1.82, 2.24) is 0 Å². The van der Waals surface area contributed by atoms with Crippen molar-refractivity contribution >= 4 is 23.0 Å². The Morgan fingerprint density at radius 3 is 2.34 bits per heavy atom. The fraction of sp³-hybridized carbons (Fsp3) is 0.731. The molecule has 1 aromatic rings. The second kappa shape index (κ2) is 10.6. The minimum Gasteiger partial charge on any atom is -0.465 e. The number of hydrogen-bond acceptors (Lipinski definition) is 6. The van der Waals surface area contributed by atoms with E-state index in [1.54, 1.807) is 0 Å². The molecule has 2 N–H and O–H groups in total. The Kier molecular flexibility index (Phi) is 8.30. The van der Waals surface area contributed by atoms with Crippen LogP contribution in [-0.4, -0.2) is 41.7 Å². The highest BCUT2D eigenvalue weighted by molar-refractivity contribution is 7.15. The number of carbonyl (C=O) groups excluding carboxylic acids is 1. The number of ether oxygens (including phenoxy) is 1. The molecular formula is C26H39NO4S. The number of carbonyl (C=O) groups is 1. The van der Waals surface area contributed by atoms with Crippen LogP contribution < -0.4 is 4.90 Å². The summed E-state index contributed by atoms with van der Waals surface area (Å²) in [6, 6.07) is 2.03. The molecule has 3 rings (SSSR count). The van der Waals surface area contributed by atoms with Crippen molar-refractivity contribution in [2.75, 3.05) is 12.0 Å². The molecular weight excluding hydrogens is 422 g/mol. The van der Waals surface area contributed by atoms with Gasteiger partial charge in [0.25, 0.3) is 0 Å². The maximum Gasteiger partial charge on any atom is 0.350 e. The molecule has 0 aromatic carbocycles. The number of nitrogens with zero attached hydrogens (tertiary/aromatic N) is 1. The standard InChI is InChI=1S/C26H39NO4S/c1-17-6-8-18(9-7-17)24(29)27(19-10-12-20(28)13-11-19)22-16-21(14-15-26(2,3)4)32-23(22)25(30)31-5/h16-20,24,28-29H,6-13H2,1-5H3/t17?,18?,19?,20?,24-/m1/s1. The smallest absolute Gasteiger partial charge is 0.350 e. The van der Waals surface area contributed by atoms with Gasteiger partial charge in [0, 0.05) is 17.4 Å². The number of anilines is 1. The number of aliphatic hydroxyl groups is 2. The molecule has 2 aliphatic carbocycles. The lowest BCUT2D eigenvalue weighted by molar-refractivity contribution is 0.0514. The van der Waals surface area contributed by atoms with Gasteiger partial charge in [-0.3, -0.25) is 0 Å². The lowest BCUT2D eigenvalue weighted by atomic mass is 9.81. The highest BCUT2D eigenvalue weighted by Crippen LogP contribution is 2.40. The van der Waals surface area contributed by atoms with Crippen molar-refractivity contribution in [2.45, 2.75) is 97.4 Å². The third-order valence-electron chi connectivity index (χ3n) is 6.75. The van der Waals surface area contributed by atoms with Crippen molar-refractivity contribution in [3.8, 4) is 11.8 Å². The fourth-order valence-corrected chi connectivity index (χ4v) is 5.75. The van der Waals surface area contributed by atoms with Gasteiger partial charge < -0.3 is 19.8 Å². The van der Waals surface area contributed by atoms with Crippen molar-refractivity contribution in [2.24, 2.45) is 17.3 Å². The van der Waals surface area contributed by atoms with Crippen LogP contribution in [-0.2, 0) is 4.74 Å². The van der Waals surface area contributed by atoms with Crippen molar-refractivity contribution in [1.29, 1.82) is 0 Å². The molecule has 5 nitrogen and oxygen atoms in total. The Labute approximate surface area is 197 Å². The zero-order chi connectivity index (χ0) is 23.5. The Bertz CT molecular complexity index is 830. The summed E-state index contributed by atoms with van der Waals surface area (Å²) >= 11 is 1.34. The monoisotopic (exact) mass is 461 g/mol. The Hall–Kier alpha value is -1.55. The average Bonchev–Trinajstić information content (AvgIpc) is 3.17. The molecule has 1 atom stereocenters. The molecule has 0 amide bonds. The van der Waals surface area contributed by atoms with Crippen LogP contribution in [0.5, 0.6) is 0 Å². The quantitative estimate of drug-likeness (QED) is 0.359. The molecule has 6 heteroatoms. The molecule has 0 spiro atoms. The van der Waals surface area contributed by atoms with E-state index in [-0.39, 0.29) is 29.4 Å². The minimum absolute atomic E-state index is 0.0779. The second-order valence-electron chi connectivity index (χ2n) is 10.6. The molecule has 0 aliphatic heterocycles. The van der Waals surface area contributed by atoms with Crippen LogP contribution in [0.25, 0.3) is 0 Å². The maximum absolute atomic E-state index is 12.7. The highest BCUT2D eigenvalue weighted by atomic mass is 32.1. The summed E-state index contributed by atoms with van der Waals surface area (Å²) in [5, 5.41) is 21.7. The van der Waals surface area contributed by atoms with Crippen LogP contribution in [0.1, 0.15) is 93.6 Å². The van der Waals surface area contributed by atoms with E-state index in [2.05, 4.69) is 44.4 Å². The minimum atomic E-state index is -0.663. The van der Waals surface area contributed by atoms with Gasteiger partial charge in [0.15, 0.2) is 0 Å². The first-order valence-electron chi connectivity index (χ1n) is 12.0. The van der Waals surface area contributed by atoms with E-state index >= 15 is 0 Å². The lowest BCUT2D eigenvalue weighted by Crippen LogP contribution is -2.50. The molecule has 1 heterocycles. The van der Waals surface area contributed by atoms with Crippen LogP contribution in [0.4, 0.5) is 5.69 Å². The van der Waals surface area contributed by atoms with Gasteiger partial charge in [0.1, 0.15) is 11.1 Å². The van der Waals surface area contributed by atoms with Crippen molar-refractivity contribution in [3.63, 3.8) is 0 Å². The molecule has 2 fully saturated rings. The van der Waals surface area contributed by atoms with Gasteiger partial charge in [-0.05, 0) is 71.3 Å². The zero-order valence-corrected chi connectivity index (χ0v) is 21.0. The van der Waals surface area contributed by atoms with E-state index in [4.69, 9.17) is 4.74 Å². The van der Waals surface area contributed by atoms with Crippen LogP contribution in [0.2, 0.25) is 0 Å². The molecule has 32 heavy (non-hydrogen) atoms. The third kappa shape index (κ3) is 6.27. The number of aliphatic hydroxyl groups excluding tert-OH is 2. The van der Waals surface area contributed by atoms with Crippen molar-refractivity contribution < 1.29 is 19.7 Å². The molecule has 2 aliphatic rings. The number of thiophene rings is 1. The van der Waals surface area contributed by atoms with Crippen LogP contribution >= 0.6 is 11.3 Å². The zero-order valence-electron chi connectivity index (χ0n) is 20.2. The third-order valence-corrected chi connectivity index (χ3v) is 7.77. The van der Waals surface area contributed by atoms with Gasteiger partial charge in [0.2, 0.25) is 0 Å². The number of esters is 1. The van der Waals surface area contributed by atoms with Gasteiger partial charge in [-0.1, -0.05) is 31.6 Å². The first kappa shape index (κ1) is 25.1. The molecule has 2 saturated carbocycles. The topological polar surface area (TPSA) is 70.0 Å². The summed E-state index contributed by atoms with van der Waals surface area (Å²) in [4.78, 5) is 16.1. The first-order valence-corrected chi connectivity index (χ1v) is 12.8. The van der Waals surface area contributed by atoms with Crippen LogP contribution in [0.15, 0.2) is 6.07 Å². The molecule has 0 radical (unpaired) electrons. The van der Waals surface area contributed by atoms with Gasteiger partial charge in [-0.15, -0.1) is 11.3 Å². The van der Waals surface area contributed by atoms with E-state index in [1.807, 2.05) is 6.07 Å². The molecule has 0 saturated heterocycles. The van der Waals surface area contributed by atoms with E-state index in [0.29, 0.717) is 23.6 Å². The fourth-order valence-electron chi connectivity index (χ4n) is 4.83. The van der Waals surface area contributed by atoms with E-state index in [9.17, 15) is 15.0 Å². The second-order valence-corrected chi connectivity index (χ2v) is 11.7. The lowest BCUT2D eigenvalue weighted by Gasteiger charge is -2.44. The van der Waals surface area contributed by atoms with Gasteiger partial charge in [0.05, 0.1) is 23.8 Å². The number of methoxy groups -OCH3 is 1. The van der Waals surface area contributed by atoms with Crippen LogP contribution in [0.3, 0.4) is 0 Å². The number of hydrogen-bond donors (Lipinski definition) is 2. The van der Waals surface area contributed by atoms with Crippen molar-refractivity contribution in [3.05, 3.63) is 15.8 Å². The van der Waals surface area contributed by atoms with E-state index in [0.717, 1.165) is 49.1 Å². The number of rotatable bonds is 5. The summed E-state index contributed by atoms with van der Waals surface area (Å²) in [5.74, 6) is 6.96. The maximum atomic E-state index is 12.7. The van der Waals surface area contributed by atoms with Gasteiger partial charge in [-0.2, -0.15) is 0 Å². The average molecular weight is 462 g/mol. The summed E-state index contributed by atoms with van der Waals surface area (Å²) in [5.41, 5.74) is 0.583. The highest BCUT2D eigenvalue weighted by Gasteiger charge is 2.37. The summed E-state index contributed by atoms with van der Waals surface area (Å²) < 4.78 is 5.10. The largest absolute Gasteiger partial charge is 0.465 e. The molecule has 1 aromatic heterocycles. The summed E-state index contributed by atoms with van der Waals surface area (Å²) in [6.07, 6.45) is 6.28. The predicted molar refractivity (Wildman–Crippen MR) is 130 cm³/mol. The predicted octanol–water partition coefficient (Wildman–Crippen LogP) is 5.19. The molecule has 0 bridgehead atoms. The van der Waals surface area contributed by atoms with Crippen LogP contribution in [0, 0.1) is 29.1 Å². The first-order chi connectivity index (χ1) is 15.1.